The lowest BCUT2D eigenvalue weighted by Crippen LogP contribution is -2.35. The van der Waals surface area contributed by atoms with Gasteiger partial charge in [0.2, 0.25) is 0 Å². The fourth-order valence-corrected chi connectivity index (χ4v) is 3.09. The van der Waals surface area contributed by atoms with Crippen molar-refractivity contribution < 1.29 is 29.0 Å². The number of ketones is 1. The summed E-state index contributed by atoms with van der Waals surface area (Å²) in [6.07, 6.45) is 0. The lowest BCUT2D eigenvalue weighted by Gasteiger charge is -2.17. The zero-order chi connectivity index (χ0) is 17.4. The molecule has 1 N–H and O–H groups in total. The molecule has 1 aliphatic heterocycles. The van der Waals surface area contributed by atoms with Crippen LogP contribution < -0.4 is 0 Å². The van der Waals surface area contributed by atoms with Crippen LogP contribution >= 0.6 is 0 Å². The molecule has 7 heteroatoms. The average Bonchev–Trinajstić information content (AvgIpc) is 3.14. The lowest BCUT2D eigenvalue weighted by atomic mass is 9.86. The number of ether oxygens (including phenoxy) is 2. The zero-order valence-corrected chi connectivity index (χ0v) is 13.1. The van der Waals surface area contributed by atoms with E-state index in [1.54, 1.807) is 24.3 Å². The summed E-state index contributed by atoms with van der Waals surface area (Å²) >= 11 is 0. The molecule has 7 nitrogen and oxygen atoms in total. The molecule has 1 aliphatic carbocycles. The Morgan fingerprint density at radius 3 is 2.33 bits per heavy atom. The number of allylic oxidation sites excluding steroid dienone is 1. The number of esters is 2. The van der Waals surface area contributed by atoms with Gasteiger partial charge in [0.1, 0.15) is 11.7 Å². The van der Waals surface area contributed by atoms with Crippen molar-refractivity contribution in [2.45, 2.75) is 0 Å². The fourth-order valence-electron chi connectivity index (χ4n) is 3.09. The number of rotatable bonds is 3. The van der Waals surface area contributed by atoms with E-state index in [0.29, 0.717) is 11.1 Å². The van der Waals surface area contributed by atoms with Crippen LogP contribution in [0.25, 0.3) is 5.76 Å². The van der Waals surface area contributed by atoms with E-state index >= 15 is 0 Å². The van der Waals surface area contributed by atoms with Crippen LogP contribution in [0.1, 0.15) is 15.9 Å². The third-order valence-electron chi connectivity index (χ3n) is 4.26. The van der Waals surface area contributed by atoms with Gasteiger partial charge in [0.15, 0.2) is 5.78 Å². The standard InChI is InChI=1S/C17H15NO6/c1-23-16(21)10-7-18-13(11(10)17(22)24-2)12-14(19)8-5-3-4-6-9(8)15(12)20/h3-6,10-11,19H,7H2,1-2H3/t10-,11-/m0/s1. The minimum Gasteiger partial charge on any atom is -0.506 e. The molecule has 24 heavy (non-hydrogen) atoms. The molecule has 0 amide bonds. The minimum atomic E-state index is -1.09. The lowest BCUT2D eigenvalue weighted by molar-refractivity contribution is -0.153. The first-order chi connectivity index (χ1) is 11.5. The predicted octanol–water partition coefficient (Wildman–Crippen LogP) is 1.19. The highest BCUT2D eigenvalue weighted by Crippen LogP contribution is 2.37. The van der Waals surface area contributed by atoms with Gasteiger partial charge in [-0.05, 0) is 0 Å². The van der Waals surface area contributed by atoms with E-state index in [1.807, 2.05) is 0 Å². The summed E-state index contributed by atoms with van der Waals surface area (Å²) in [6, 6.07) is 6.56. The van der Waals surface area contributed by atoms with Crippen LogP contribution in [-0.4, -0.2) is 49.3 Å². The van der Waals surface area contributed by atoms with Gasteiger partial charge < -0.3 is 14.6 Å². The molecule has 0 spiro atoms. The van der Waals surface area contributed by atoms with Gasteiger partial charge in [-0.3, -0.25) is 19.4 Å². The average molecular weight is 329 g/mol. The molecule has 1 aromatic carbocycles. The van der Waals surface area contributed by atoms with E-state index in [-0.39, 0.29) is 23.6 Å². The van der Waals surface area contributed by atoms with Crippen molar-refractivity contribution in [1.29, 1.82) is 0 Å². The molecule has 0 fully saturated rings. The number of benzene rings is 1. The highest BCUT2D eigenvalue weighted by atomic mass is 16.5. The summed E-state index contributed by atoms with van der Waals surface area (Å²) in [5.74, 6) is -3.96. The Bertz CT molecular complexity index is 807. The van der Waals surface area contributed by atoms with Gasteiger partial charge in [0.05, 0.1) is 38.0 Å². The van der Waals surface area contributed by atoms with Crippen molar-refractivity contribution in [3.63, 3.8) is 0 Å². The van der Waals surface area contributed by atoms with Crippen LogP contribution in [0.3, 0.4) is 0 Å². The first-order valence-electron chi connectivity index (χ1n) is 7.29. The predicted molar refractivity (Wildman–Crippen MR) is 83.6 cm³/mol. The van der Waals surface area contributed by atoms with Gasteiger partial charge in [-0.1, -0.05) is 24.3 Å². The Labute approximate surface area is 137 Å². The van der Waals surface area contributed by atoms with Crippen LogP contribution in [0.4, 0.5) is 0 Å². The Morgan fingerprint density at radius 2 is 1.75 bits per heavy atom. The number of carbonyl (C=O) groups excluding carboxylic acids is 3. The molecule has 124 valence electrons. The van der Waals surface area contributed by atoms with Gasteiger partial charge in [0, 0.05) is 11.1 Å². The summed E-state index contributed by atoms with van der Waals surface area (Å²) in [6.45, 7) is -0.0117. The molecule has 0 aromatic heterocycles. The van der Waals surface area contributed by atoms with Gasteiger partial charge in [-0.25, -0.2) is 0 Å². The van der Waals surface area contributed by atoms with E-state index in [1.165, 1.54) is 14.2 Å². The summed E-state index contributed by atoms with van der Waals surface area (Å²) in [5.41, 5.74) is 0.720. The Balaban J connectivity index is 2.06. The number of nitrogens with zero attached hydrogens (tertiary/aromatic N) is 1. The van der Waals surface area contributed by atoms with Gasteiger partial charge >= 0.3 is 11.9 Å². The summed E-state index contributed by atoms with van der Waals surface area (Å²) in [5, 5.41) is 10.4. The van der Waals surface area contributed by atoms with Crippen LogP contribution in [0.15, 0.2) is 34.8 Å². The largest absolute Gasteiger partial charge is 0.506 e. The van der Waals surface area contributed by atoms with Gasteiger partial charge in [-0.15, -0.1) is 0 Å². The second-order valence-electron chi connectivity index (χ2n) is 5.45. The smallest absolute Gasteiger partial charge is 0.315 e. The first-order valence-corrected chi connectivity index (χ1v) is 7.29. The second kappa shape index (κ2) is 5.92. The zero-order valence-electron chi connectivity index (χ0n) is 13.1. The van der Waals surface area contributed by atoms with Crippen molar-refractivity contribution >= 4 is 29.2 Å². The maximum atomic E-state index is 12.6. The third kappa shape index (κ3) is 2.20. The summed E-state index contributed by atoms with van der Waals surface area (Å²) in [4.78, 5) is 40.9. The first kappa shape index (κ1) is 15.9. The number of hydrogen-bond donors (Lipinski definition) is 1. The van der Waals surface area contributed by atoms with Crippen molar-refractivity contribution in [3.05, 3.63) is 41.0 Å². The number of aliphatic imine (C=N–C) groups is 1. The SMILES string of the molecule is COC(=O)[C@@H]1C(C2=C(O)c3ccccc3C2=O)=NC[C@@H]1C(=O)OC. The number of carbonyl (C=O) groups is 3. The topological polar surface area (TPSA) is 102 Å². The number of aliphatic hydroxyl groups is 1. The Hall–Kier alpha value is -2.96. The van der Waals surface area contributed by atoms with E-state index in [4.69, 9.17) is 9.47 Å². The molecule has 0 saturated heterocycles. The number of aliphatic hydroxyl groups excluding tert-OH is 1. The van der Waals surface area contributed by atoms with Crippen molar-refractivity contribution in [3.8, 4) is 0 Å². The number of Topliss-reactive ketones (excluding diaryl/α,β-unsaturated/α-hetero) is 1. The highest BCUT2D eigenvalue weighted by Gasteiger charge is 2.47. The maximum Gasteiger partial charge on any atom is 0.315 e. The molecule has 0 saturated carbocycles. The monoisotopic (exact) mass is 329 g/mol. The van der Waals surface area contributed by atoms with Crippen LogP contribution in [-0.2, 0) is 19.1 Å². The molecule has 1 heterocycles. The van der Waals surface area contributed by atoms with Crippen molar-refractivity contribution in [2.24, 2.45) is 16.8 Å². The normalized spacial score (nSPS) is 22.2. The quantitative estimate of drug-likeness (QED) is 0.836. The molecule has 0 bridgehead atoms. The van der Waals surface area contributed by atoms with Gasteiger partial charge in [0.25, 0.3) is 0 Å². The van der Waals surface area contributed by atoms with E-state index in [9.17, 15) is 19.5 Å². The molecular formula is C17H15NO6. The third-order valence-corrected chi connectivity index (χ3v) is 4.26. The molecule has 1 aromatic rings. The molecule has 0 unspecified atom stereocenters. The Kier molecular flexibility index (Phi) is 3.92. The summed E-state index contributed by atoms with van der Waals surface area (Å²) in [7, 11) is 2.40. The molecular weight excluding hydrogens is 314 g/mol. The van der Waals surface area contributed by atoms with E-state index in [2.05, 4.69) is 4.99 Å². The van der Waals surface area contributed by atoms with Gasteiger partial charge in [-0.2, -0.15) is 0 Å². The molecule has 0 radical (unpaired) electrons. The van der Waals surface area contributed by atoms with Crippen molar-refractivity contribution in [2.75, 3.05) is 20.8 Å². The van der Waals surface area contributed by atoms with Crippen molar-refractivity contribution in [1.82, 2.24) is 0 Å². The van der Waals surface area contributed by atoms with E-state index < -0.39 is 29.6 Å². The molecule has 3 rings (SSSR count). The van der Waals surface area contributed by atoms with Crippen LogP contribution in [0.2, 0.25) is 0 Å². The van der Waals surface area contributed by atoms with E-state index in [0.717, 1.165) is 0 Å². The highest BCUT2D eigenvalue weighted by molar-refractivity contribution is 6.38. The number of hydrogen-bond acceptors (Lipinski definition) is 7. The number of methoxy groups -OCH3 is 2. The maximum absolute atomic E-state index is 12.6. The molecule has 2 aliphatic rings. The van der Waals surface area contributed by atoms with Crippen LogP contribution in [0.5, 0.6) is 0 Å². The number of fused-ring (bicyclic) bond motifs is 1. The molecule has 2 atom stereocenters. The minimum absolute atomic E-state index is 0.0117. The van der Waals surface area contributed by atoms with Crippen LogP contribution in [0, 0.1) is 11.8 Å². The Morgan fingerprint density at radius 1 is 1.12 bits per heavy atom. The fraction of sp³-hybridized carbons (Fsp3) is 0.294. The summed E-state index contributed by atoms with van der Waals surface area (Å²) < 4.78 is 9.46. The second-order valence-corrected chi connectivity index (χ2v) is 5.45.